The van der Waals surface area contributed by atoms with E-state index < -0.39 is 36.6 Å². The highest BCUT2D eigenvalue weighted by Crippen LogP contribution is 2.51. The van der Waals surface area contributed by atoms with E-state index in [4.69, 9.17) is 20.9 Å². The third-order valence-electron chi connectivity index (χ3n) is 3.75. The average molecular weight is 329 g/mol. The summed E-state index contributed by atoms with van der Waals surface area (Å²) in [5.74, 6) is -1.47. The van der Waals surface area contributed by atoms with E-state index in [-0.39, 0.29) is 12.4 Å². The van der Waals surface area contributed by atoms with Crippen molar-refractivity contribution in [2.75, 3.05) is 0 Å². The molecule has 1 heterocycles. The summed E-state index contributed by atoms with van der Waals surface area (Å²) in [6.07, 6.45) is -0.773. The molecule has 1 saturated heterocycles. The van der Waals surface area contributed by atoms with E-state index in [2.05, 4.69) is 0 Å². The second-order valence-corrected chi connectivity index (χ2v) is 8.17. The molecule has 0 aromatic rings. The van der Waals surface area contributed by atoms with Crippen molar-refractivity contribution in [3.63, 3.8) is 0 Å². The van der Waals surface area contributed by atoms with Gasteiger partial charge in [-0.2, -0.15) is 0 Å². The van der Waals surface area contributed by atoms with Crippen molar-refractivity contribution in [1.82, 2.24) is 0 Å². The summed E-state index contributed by atoms with van der Waals surface area (Å²) >= 11 is 6.00. The first-order chi connectivity index (χ1) is 9.02. The van der Waals surface area contributed by atoms with Crippen molar-refractivity contribution in [2.24, 2.45) is 0 Å². The Kier molecular flexibility index (Phi) is 6.13. The molecule has 0 aliphatic carbocycles. The topological polar surface area (TPSA) is 96.2 Å². The number of ether oxygens (including phenoxy) is 1. The summed E-state index contributed by atoms with van der Waals surface area (Å²) in [7, 11) is -2.36. The highest BCUT2D eigenvalue weighted by molar-refractivity contribution is 7.53. The largest absolute Gasteiger partial charge is 0.389 e. The van der Waals surface area contributed by atoms with Crippen LogP contribution in [0.5, 0.6) is 0 Å². The van der Waals surface area contributed by atoms with Crippen LogP contribution in [0, 0.1) is 0 Å². The SMILES string of the molecule is B[C@@H]1O[C@H](CC(C)(CC)OP(=O)(O)C(C)O)[C@@H](O)[C@H]1Cl. The molecule has 0 saturated carbocycles. The van der Waals surface area contributed by atoms with Gasteiger partial charge in [-0.05, 0) is 20.3 Å². The van der Waals surface area contributed by atoms with E-state index in [0.29, 0.717) is 6.42 Å². The van der Waals surface area contributed by atoms with Gasteiger partial charge in [-0.3, -0.25) is 4.57 Å². The Morgan fingerprint density at radius 1 is 1.60 bits per heavy atom. The van der Waals surface area contributed by atoms with Crippen LogP contribution in [-0.4, -0.2) is 58.0 Å². The van der Waals surface area contributed by atoms with Gasteiger partial charge in [0.1, 0.15) is 7.85 Å². The second kappa shape index (κ2) is 6.65. The molecule has 6 nitrogen and oxygen atoms in total. The lowest BCUT2D eigenvalue weighted by Crippen LogP contribution is -2.38. The smallest absolute Gasteiger partial charge is 0.356 e. The standard InChI is InChI=1S/C11H23BClO6P/c1-4-11(3,19-20(16,17)6(2)14)5-7-9(15)8(13)10(12)18-7/h6-10,14-15H,4-5,12H2,1-3H3,(H,16,17)/t6?,7-,8-,9-,10-,11?/m1/s1. The van der Waals surface area contributed by atoms with Crippen LogP contribution in [-0.2, 0) is 13.8 Å². The van der Waals surface area contributed by atoms with Gasteiger partial charge in [-0.15, -0.1) is 11.6 Å². The lowest BCUT2D eigenvalue weighted by Gasteiger charge is -2.34. The minimum Gasteiger partial charge on any atom is -0.389 e. The fourth-order valence-corrected chi connectivity index (χ4v) is 3.36. The zero-order valence-corrected chi connectivity index (χ0v) is 13.8. The molecule has 118 valence electrons. The molecule has 9 heteroatoms. The molecule has 0 aromatic heterocycles. The molecule has 20 heavy (non-hydrogen) atoms. The summed E-state index contributed by atoms with van der Waals surface area (Å²) in [5.41, 5.74) is -0.992. The molecule has 1 fully saturated rings. The van der Waals surface area contributed by atoms with Crippen LogP contribution in [0.3, 0.4) is 0 Å². The maximum absolute atomic E-state index is 11.8. The quantitative estimate of drug-likeness (QED) is 0.371. The molecular weight excluding hydrogens is 305 g/mol. The maximum Gasteiger partial charge on any atom is 0.356 e. The Labute approximate surface area is 125 Å². The number of aliphatic hydroxyl groups is 2. The van der Waals surface area contributed by atoms with Gasteiger partial charge >= 0.3 is 7.60 Å². The second-order valence-electron chi connectivity index (χ2n) is 5.61. The van der Waals surface area contributed by atoms with Gasteiger partial charge in [0.05, 0.1) is 23.2 Å². The van der Waals surface area contributed by atoms with Crippen LogP contribution in [0.2, 0.25) is 0 Å². The van der Waals surface area contributed by atoms with Gasteiger partial charge in [0, 0.05) is 12.4 Å². The van der Waals surface area contributed by atoms with Crippen molar-refractivity contribution >= 4 is 27.0 Å². The van der Waals surface area contributed by atoms with Crippen molar-refractivity contribution in [2.45, 2.75) is 68.6 Å². The molecule has 3 N–H and O–H groups in total. The monoisotopic (exact) mass is 328 g/mol. The number of alkyl halides is 1. The van der Waals surface area contributed by atoms with Crippen molar-refractivity contribution in [3.8, 4) is 0 Å². The molecule has 7 atom stereocenters. The normalized spacial score (nSPS) is 38.1. The maximum atomic E-state index is 11.8. The fraction of sp³-hybridized carbons (Fsp3) is 1.00. The van der Waals surface area contributed by atoms with Crippen molar-refractivity contribution in [3.05, 3.63) is 0 Å². The van der Waals surface area contributed by atoms with Crippen molar-refractivity contribution in [1.29, 1.82) is 0 Å². The third kappa shape index (κ3) is 4.20. The summed E-state index contributed by atoms with van der Waals surface area (Å²) in [5, 5.41) is 18.8. The zero-order chi connectivity index (χ0) is 15.7. The number of hydrogen-bond acceptors (Lipinski definition) is 5. The van der Waals surface area contributed by atoms with E-state index in [1.807, 2.05) is 0 Å². The first kappa shape index (κ1) is 18.4. The molecule has 0 bridgehead atoms. The highest BCUT2D eigenvalue weighted by atomic mass is 35.5. The van der Waals surface area contributed by atoms with E-state index >= 15 is 0 Å². The van der Waals surface area contributed by atoms with E-state index in [9.17, 15) is 19.7 Å². The van der Waals surface area contributed by atoms with E-state index in [0.717, 1.165) is 0 Å². The van der Waals surface area contributed by atoms with Gasteiger partial charge in [0.15, 0.2) is 5.85 Å². The molecule has 0 spiro atoms. The predicted octanol–water partition coefficient (Wildman–Crippen LogP) is 0.412. The Hall–Kier alpha value is 0.385. The molecule has 1 aliphatic rings. The molecule has 1 rings (SSSR count). The fourth-order valence-electron chi connectivity index (χ4n) is 2.15. The summed E-state index contributed by atoms with van der Waals surface area (Å²) < 4.78 is 22.6. The molecule has 0 amide bonds. The van der Waals surface area contributed by atoms with Crippen molar-refractivity contribution < 1.29 is 28.9 Å². The van der Waals surface area contributed by atoms with Gasteiger partial charge in [0.25, 0.3) is 0 Å². The first-order valence-corrected chi connectivity index (χ1v) is 8.79. The highest BCUT2D eigenvalue weighted by Gasteiger charge is 2.45. The molecule has 1 aliphatic heterocycles. The van der Waals surface area contributed by atoms with E-state index in [1.165, 1.54) is 6.92 Å². The number of aliphatic hydroxyl groups excluding tert-OH is 2. The van der Waals surface area contributed by atoms with Crippen LogP contribution in [0.15, 0.2) is 0 Å². The minimum atomic E-state index is -4.12. The number of hydrogen-bond donors (Lipinski definition) is 3. The number of rotatable bonds is 6. The molecule has 3 unspecified atom stereocenters. The Morgan fingerprint density at radius 3 is 2.50 bits per heavy atom. The van der Waals surface area contributed by atoms with Crippen LogP contribution >= 0.6 is 19.2 Å². The van der Waals surface area contributed by atoms with Crippen LogP contribution < -0.4 is 0 Å². The Balaban J connectivity index is 2.78. The van der Waals surface area contributed by atoms with Crippen LogP contribution in [0.25, 0.3) is 0 Å². The summed E-state index contributed by atoms with van der Waals surface area (Å²) in [6.45, 7) is 4.65. The lowest BCUT2D eigenvalue weighted by atomic mass is 9.91. The Bertz CT molecular complexity index is 384. The van der Waals surface area contributed by atoms with E-state index in [1.54, 1.807) is 21.7 Å². The average Bonchev–Trinajstić information content (AvgIpc) is 2.56. The predicted molar refractivity (Wildman–Crippen MR) is 78.8 cm³/mol. The summed E-state index contributed by atoms with van der Waals surface area (Å²) in [6, 6.07) is -0.296. The van der Waals surface area contributed by atoms with Crippen LogP contribution in [0.1, 0.15) is 33.6 Å². The molecule has 0 radical (unpaired) electrons. The Morgan fingerprint density at radius 2 is 2.15 bits per heavy atom. The number of halogens is 1. The molecular formula is C11H23BClO6P. The van der Waals surface area contributed by atoms with Gasteiger partial charge in [0.2, 0.25) is 0 Å². The van der Waals surface area contributed by atoms with Gasteiger partial charge in [-0.25, -0.2) is 0 Å². The van der Waals surface area contributed by atoms with Gasteiger partial charge < -0.3 is 24.4 Å². The lowest BCUT2D eigenvalue weighted by molar-refractivity contribution is -0.0372. The third-order valence-corrected chi connectivity index (χ3v) is 6.01. The zero-order valence-electron chi connectivity index (χ0n) is 12.2. The summed E-state index contributed by atoms with van der Waals surface area (Å²) in [4.78, 5) is 9.66. The van der Waals surface area contributed by atoms with Crippen LogP contribution in [0.4, 0.5) is 0 Å². The van der Waals surface area contributed by atoms with Gasteiger partial charge in [-0.1, -0.05) is 6.92 Å². The minimum absolute atomic E-state index is 0.218. The molecule has 0 aromatic carbocycles. The first-order valence-electron chi connectivity index (χ1n) is 6.71.